The van der Waals surface area contributed by atoms with E-state index in [-0.39, 0.29) is 16.7 Å². The van der Waals surface area contributed by atoms with Gasteiger partial charge in [0.25, 0.3) is 5.69 Å². The standard InChI is InChI=1S/C25H37N3O4/c1-24(2,3)32-23(29)27-16-12-25(13-17-27)11-8-22(18-25)26-14-9-20(10-15-26)19-4-6-21(7-5-19)28(30)31/h4-7,20,22H,8-18H2,1-3H3. The molecule has 0 bridgehead atoms. The molecule has 176 valence electrons. The Hall–Kier alpha value is -2.15. The van der Waals surface area contributed by atoms with Crippen molar-refractivity contribution in [2.24, 2.45) is 5.41 Å². The van der Waals surface area contributed by atoms with Gasteiger partial charge >= 0.3 is 6.09 Å². The summed E-state index contributed by atoms with van der Waals surface area (Å²) in [6.07, 6.45) is 8.01. The van der Waals surface area contributed by atoms with Gasteiger partial charge in [-0.2, -0.15) is 0 Å². The Morgan fingerprint density at radius 1 is 1.03 bits per heavy atom. The van der Waals surface area contributed by atoms with Crippen molar-refractivity contribution in [3.63, 3.8) is 0 Å². The number of hydrogen-bond donors (Lipinski definition) is 0. The highest BCUT2D eigenvalue weighted by Gasteiger charge is 2.44. The maximum atomic E-state index is 12.4. The van der Waals surface area contributed by atoms with Crippen LogP contribution in [0.3, 0.4) is 0 Å². The molecule has 4 rings (SSSR count). The molecule has 1 aromatic carbocycles. The van der Waals surface area contributed by atoms with Crippen LogP contribution in [0.15, 0.2) is 24.3 Å². The molecular formula is C25H37N3O4. The number of carbonyl (C=O) groups excluding carboxylic acids is 1. The van der Waals surface area contributed by atoms with Gasteiger partial charge < -0.3 is 14.5 Å². The second kappa shape index (κ2) is 9.00. The molecule has 0 aromatic heterocycles. The van der Waals surface area contributed by atoms with Crippen molar-refractivity contribution >= 4 is 11.8 Å². The van der Waals surface area contributed by atoms with Gasteiger partial charge in [0.05, 0.1) is 4.92 Å². The summed E-state index contributed by atoms with van der Waals surface area (Å²) in [4.78, 5) is 27.5. The summed E-state index contributed by atoms with van der Waals surface area (Å²) >= 11 is 0. The van der Waals surface area contributed by atoms with E-state index in [9.17, 15) is 14.9 Å². The van der Waals surface area contributed by atoms with Crippen molar-refractivity contribution in [1.29, 1.82) is 0 Å². The first-order valence-electron chi connectivity index (χ1n) is 12.1. The normalized spacial score (nSPS) is 24.6. The second-order valence-corrected chi connectivity index (χ2v) is 11.0. The average molecular weight is 444 g/mol. The highest BCUT2D eigenvalue weighted by molar-refractivity contribution is 5.68. The van der Waals surface area contributed by atoms with Crippen LogP contribution in [-0.4, -0.2) is 58.6 Å². The van der Waals surface area contributed by atoms with Gasteiger partial charge in [-0.15, -0.1) is 0 Å². The molecule has 2 saturated heterocycles. The third kappa shape index (κ3) is 5.25. The zero-order valence-corrected chi connectivity index (χ0v) is 19.7. The van der Waals surface area contributed by atoms with Crippen LogP contribution >= 0.6 is 0 Å². The monoisotopic (exact) mass is 443 g/mol. The molecule has 1 spiro atoms. The van der Waals surface area contributed by atoms with Crippen molar-refractivity contribution < 1.29 is 14.5 Å². The van der Waals surface area contributed by atoms with Crippen LogP contribution in [0.2, 0.25) is 0 Å². The fraction of sp³-hybridized carbons (Fsp3) is 0.720. The van der Waals surface area contributed by atoms with Crippen LogP contribution in [0.5, 0.6) is 0 Å². The van der Waals surface area contributed by atoms with Gasteiger partial charge in [-0.3, -0.25) is 10.1 Å². The largest absolute Gasteiger partial charge is 0.444 e. The van der Waals surface area contributed by atoms with Crippen LogP contribution in [0.25, 0.3) is 0 Å². The Kier molecular flexibility index (Phi) is 6.48. The SMILES string of the molecule is CC(C)(C)OC(=O)N1CCC2(CCC(N3CCC(c4ccc([N+](=O)[O-])cc4)CC3)C2)CC1. The Labute approximate surface area is 191 Å². The van der Waals surface area contributed by atoms with E-state index in [1.165, 1.54) is 24.8 Å². The second-order valence-electron chi connectivity index (χ2n) is 11.0. The summed E-state index contributed by atoms with van der Waals surface area (Å²) < 4.78 is 5.55. The molecule has 1 atom stereocenters. The van der Waals surface area contributed by atoms with Crippen LogP contribution in [0, 0.1) is 15.5 Å². The van der Waals surface area contributed by atoms with E-state index in [4.69, 9.17) is 4.74 Å². The maximum absolute atomic E-state index is 12.4. The molecule has 32 heavy (non-hydrogen) atoms. The number of likely N-dealkylation sites (tertiary alicyclic amines) is 2. The molecule has 1 amide bonds. The topological polar surface area (TPSA) is 75.9 Å². The smallest absolute Gasteiger partial charge is 0.410 e. The number of benzene rings is 1. The van der Waals surface area contributed by atoms with Gasteiger partial charge in [0.15, 0.2) is 0 Å². The predicted molar refractivity (Wildman–Crippen MR) is 124 cm³/mol. The molecule has 1 aliphatic carbocycles. The summed E-state index contributed by atoms with van der Waals surface area (Å²) in [5.74, 6) is 0.500. The minimum atomic E-state index is -0.439. The maximum Gasteiger partial charge on any atom is 0.410 e. The lowest BCUT2D eigenvalue weighted by molar-refractivity contribution is -0.384. The summed E-state index contributed by atoms with van der Waals surface area (Å²) in [7, 11) is 0. The molecule has 0 N–H and O–H groups in total. The van der Waals surface area contributed by atoms with E-state index in [2.05, 4.69) is 4.90 Å². The molecule has 3 aliphatic rings. The number of amides is 1. The van der Waals surface area contributed by atoms with E-state index >= 15 is 0 Å². The van der Waals surface area contributed by atoms with Crippen LogP contribution in [-0.2, 0) is 4.74 Å². The number of carbonyl (C=O) groups is 1. The fourth-order valence-corrected chi connectivity index (χ4v) is 5.90. The van der Waals surface area contributed by atoms with Gasteiger partial charge in [-0.25, -0.2) is 4.79 Å². The molecule has 2 aliphatic heterocycles. The predicted octanol–water partition coefficient (Wildman–Crippen LogP) is 5.34. The molecule has 2 heterocycles. The number of rotatable bonds is 3. The third-order valence-corrected chi connectivity index (χ3v) is 7.77. The van der Waals surface area contributed by atoms with E-state index < -0.39 is 5.60 Å². The van der Waals surface area contributed by atoms with Crippen molar-refractivity contribution in [3.05, 3.63) is 39.9 Å². The summed E-state index contributed by atoms with van der Waals surface area (Å²) in [5, 5.41) is 10.9. The average Bonchev–Trinajstić information content (AvgIpc) is 3.16. The molecule has 1 unspecified atom stereocenters. The lowest BCUT2D eigenvalue weighted by atomic mass is 9.76. The van der Waals surface area contributed by atoms with Crippen LogP contribution < -0.4 is 0 Å². The first kappa shape index (κ1) is 23.0. The summed E-state index contributed by atoms with van der Waals surface area (Å²) in [5.41, 5.74) is 1.34. The lowest BCUT2D eigenvalue weighted by Crippen LogP contribution is -2.45. The van der Waals surface area contributed by atoms with Crippen molar-refractivity contribution in [3.8, 4) is 0 Å². The summed E-state index contributed by atoms with van der Waals surface area (Å²) in [6.45, 7) is 9.58. The lowest BCUT2D eigenvalue weighted by Gasteiger charge is -2.41. The van der Waals surface area contributed by atoms with E-state index in [1.807, 2.05) is 37.8 Å². The number of hydrogen-bond acceptors (Lipinski definition) is 5. The number of ether oxygens (including phenoxy) is 1. The first-order chi connectivity index (χ1) is 15.1. The van der Waals surface area contributed by atoms with Crippen LogP contribution in [0.1, 0.15) is 77.2 Å². The Bertz CT molecular complexity index is 817. The first-order valence-corrected chi connectivity index (χ1v) is 12.1. The number of non-ortho nitro benzene ring substituents is 1. The molecule has 7 heteroatoms. The zero-order chi connectivity index (χ0) is 22.9. The number of piperidine rings is 2. The minimum absolute atomic E-state index is 0.167. The Balaban J connectivity index is 1.25. The van der Waals surface area contributed by atoms with Crippen molar-refractivity contribution in [1.82, 2.24) is 9.80 Å². The zero-order valence-electron chi connectivity index (χ0n) is 19.7. The molecular weight excluding hydrogens is 406 g/mol. The third-order valence-electron chi connectivity index (χ3n) is 7.77. The molecule has 1 saturated carbocycles. The van der Waals surface area contributed by atoms with Crippen LogP contribution in [0.4, 0.5) is 10.5 Å². The van der Waals surface area contributed by atoms with E-state index in [0.29, 0.717) is 17.4 Å². The highest BCUT2D eigenvalue weighted by Crippen LogP contribution is 2.48. The fourth-order valence-electron chi connectivity index (χ4n) is 5.90. The molecule has 0 radical (unpaired) electrons. The molecule has 7 nitrogen and oxygen atoms in total. The van der Waals surface area contributed by atoms with Crippen molar-refractivity contribution in [2.75, 3.05) is 26.2 Å². The molecule has 3 fully saturated rings. The van der Waals surface area contributed by atoms with Gasteiger partial charge in [-0.1, -0.05) is 12.1 Å². The number of nitro groups is 1. The highest BCUT2D eigenvalue weighted by atomic mass is 16.6. The van der Waals surface area contributed by atoms with Gasteiger partial charge in [0.1, 0.15) is 5.60 Å². The van der Waals surface area contributed by atoms with Gasteiger partial charge in [0.2, 0.25) is 0 Å². The van der Waals surface area contributed by atoms with Crippen molar-refractivity contribution in [2.45, 2.75) is 83.3 Å². The van der Waals surface area contributed by atoms with E-state index in [0.717, 1.165) is 51.9 Å². The number of nitrogens with zero attached hydrogens (tertiary/aromatic N) is 3. The quantitative estimate of drug-likeness (QED) is 0.465. The number of nitro benzene ring substituents is 1. The van der Waals surface area contributed by atoms with Gasteiger partial charge in [0, 0.05) is 31.3 Å². The minimum Gasteiger partial charge on any atom is -0.444 e. The summed E-state index contributed by atoms with van der Waals surface area (Å²) in [6, 6.07) is 7.78. The molecule has 1 aromatic rings. The van der Waals surface area contributed by atoms with Gasteiger partial charge in [-0.05, 0) is 95.7 Å². The van der Waals surface area contributed by atoms with E-state index in [1.54, 1.807) is 12.1 Å². The Morgan fingerprint density at radius 2 is 1.66 bits per heavy atom. The Morgan fingerprint density at radius 3 is 2.22 bits per heavy atom.